The van der Waals surface area contributed by atoms with Gasteiger partial charge in [0, 0.05) is 13.7 Å². The average molecular weight is 203 g/mol. The molecule has 0 N–H and O–H groups in total. The van der Waals surface area contributed by atoms with E-state index in [1.165, 1.54) is 0 Å². The van der Waals surface area contributed by atoms with Crippen LogP contribution >= 0.6 is 0 Å². The molecule has 0 amide bonds. The van der Waals surface area contributed by atoms with Crippen LogP contribution in [0.5, 0.6) is 0 Å². The summed E-state index contributed by atoms with van der Waals surface area (Å²) in [4.78, 5) is 2.35. The fraction of sp³-hybridized carbons (Fsp3) is 1.00. The van der Waals surface area contributed by atoms with E-state index < -0.39 is 0 Å². The van der Waals surface area contributed by atoms with Crippen molar-refractivity contribution in [3.05, 3.63) is 0 Å². The van der Waals surface area contributed by atoms with Crippen LogP contribution in [0.3, 0.4) is 0 Å². The molecule has 0 aliphatic rings. The topological polar surface area (TPSA) is 21.7 Å². The predicted octanol–water partition coefficient (Wildman–Crippen LogP) is 1.77. The van der Waals surface area contributed by atoms with Crippen LogP contribution in [0.25, 0.3) is 0 Å². The molecule has 0 aromatic rings. The lowest BCUT2D eigenvalue weighted by Gasteiger charge is -2.26. The zero-order chi connectivity index (χ0) is 11.0. The molecule has 0 fully saturated rings. The molecule has 0 radical (unpaired) electrons. The van der Waals surface area contributed by atoms with Gasteiger partial charge < -0.3 is 14.4 Å². The van der Waals surface area contributed by atoms with Crippen molar-refractivity contribution in [2.45, 2.75) is 39.9 Å². The largest absolute Gasteiger partial charge is 0.382 e. The first-order valence-electron chi connectivity index (χ1n) is 5.50. The molecular formula is C11H25NO2. The first kappa shape index (κ1) is 13.9. The van der Waals surface area contributed by atoms with Crippen LogP contribution in [0.4, 0.5) is 0 Å². The van der Waals surface area contributed by atoms with Gasteiger partial charge in [-0.1, -0.05) is 13.8 Å². The third kappa shape index (κ3) is 6.35. The molecule has 3 heteroatoms. The summed E-state index contributed by atoms with van der Waals surface area (Å²) in [6, 6.07) is 0. The lowest BCUT2D eigenvalue weighted by Crippen LogP contribution is -2.37. The molecule has 0 bridgehead atoms. The van der Waals surface area contributed by atoms with Gasteiger partial charge in [0.2, 0.25) is 0 Å². The Kier molecular flexibility index (Phi) is 8.14. The average Bonchev–Trinajstić information content (AvgIpc) is 2.13. The molecule has 0 rings (SSSR count). The second-order valence-corrected chi connectivity index (χ2v) is 3.75. The molecule has 0 saturated heterocycles. The third-order valence-electron chi connectivity index (χ3n) is 2.17. The third-order valence-corrected chi connectivity index (χ3v) is 2.17. The van der Waals surface area contributed by atoms with Crippen molar-refractivity contribution in [1.82, 2.24) is 4.90 Å². The molecule has 14 heavy (non-hydrogen) atoms. The van der Waals surface area contributed by atoms with E-state index in [0.717, 1.165) is 19.6 Å². The number of rotatable bonds is 8. The molecule has 0 aromatic carbocycles. The summed E-state index contributed by atoms with van der Waals surface area (Å²) in [7, 11) is 1.72. The van der Waals surface area contributed by atoms with E-state index in [9.17, 15) is 0 Å². The first-order chi connectivity index (χ1) is 6.63. The molecule has 1 atom stereocenters. The van der Waals surface area contributed by atoms with E-state index >= 15 is 0 Å². The summed E-state index contributed by atoms with van der Waals surface area (Å²) in [5.41, 5.74) is 0. The van der Waals surface area contributed by atoms with E-state index in [1.54, 1.807) is 7.11 Å². The zero-order valence-corrected chi connectivity index (χ0v) is 10.2. The van der Waals surface area contributed by atoms with E-state index in [-0.39, 0.29) is 12.2 Å². The highest BCUT2D eigenvalue weighted by Crippen LogP contribution is 2.02. The second kappa shape index (κ2) is 8.21. The summed E-state index contributed by atoms with van der Waals surface area (Å²) in [5, 5.41) is 0. The maximum atomic E-state index is 5.76. The van der Waals surface area contributed by atoms with Gasteiger partial charge >= 0.3 is 0 Å². The summed E-state index contributed by atoms with van der Waals surface area (Å²) >= 11 is 0. The minimum Gasteiger partial charge on any atom is -0.382 e. The van der Waals surface area contributed by atoms with Gasteiger partial charge in [0.05, 0.1) is 18.8 Å². The van der Waals surface area contributed by atoms with Crippen molar-refractivity contribution in [1.29, 1.82) is 0 Å². The fourth-order valence-corrected chi connectivity index (χ4v) is 1.48. The SMILES string of the molecule is CCN(CC)CC(COC)OC(C)C. The Morgan fingerprint density at radius 2 is 1.71 bits per heavy atom. The highest BCUT2D eigenvalue weighted by Gasteiger charge is 2.13. The van der Waals surface area contributed by atoms with Crippen LogP contribution < -0.4 is 0 Å². The highest BCUT2D eigenvalue weighted by atomic mass is 16.5. The van der Waals surface area contributed by atoms with Gasteiger partial charge in [-0.25, -0.2) is 0 Å². The van der Waals surface area contributed by atoms with Gasteiger partial charge in [-0.2, -0.15) is 0 Å². The van der Waals surface area contributed by atoms with E-state index in [4.69, 9.17) is 9.47 Å². The molecular weight excluding hydrogens is 178 g/mol. The number of nitrogens with zero attached hydrogens (tertiary/aromatic N) is 1. The number of likely N-dealkylation sites (N-methyl/N-ethyl adjacent to an activating group) is 1. The van der Waals surface area contributed by atoms with E-state index in [2.05, 4.69) is 32.6 Å². The van der Waals surface area contributed by atoms with Crippen molar-refractivity contribution in [2.75, 3.05) is 33.4 Å². The summed E-state index contributed by atoms with van der Waals surface area (Å²) < 4.78 is 10.9. The lowest BCUT2D eigenvalue weighted by atomic mass is 10.3. The first-order valence-corrected chi connectivity index (χ1v) is 5.50. The zero-order valence-electron chi connectivity index (χ0n) is 10.2. The van der Waals surface area contributed by atoms with Crippen molar-refractivity contribution >= 4 is 0 Å². The molecule has 1 unspecified atom stereocenters. The maximum Gasteiger partial charge on any atom is 0.0938 e. The molecule has 0 aliphatic carbocycles. The number of hydrogen-bond acceptors (Lipinski definition) is 3. The Morgan fingerprint density at radius 1 is 1.14 bits per heavy atom. The monoisotopic (exact) mass is 203 g/mol. The van der Waals surface area contributed by atoms with Crippen molar-refractivity contribution < 1.29 is 9.47 Å². The standard InChI is InChI=1S/C11H25NO2/c1-6-12(7-2)8-11(9-13-5)14-10(3)4/h10-11H,6-9H2,1-5H3. The maximum absolute atomic E-state index is 5.76. The van der Waals surface area contributed by atoms with Crippen LogP contribution in [0.2, 0.25) is 0 Å². The van der Waals surface area contributed by atoms with Gasteiger partial charge in [-0.3, -0.25) is 0 Å². The van der Waals surface area contributed by atoms with Crippen molar-refractivity contribution in [3.8, 4) is 0 Å². The predicted molar refractivity (Wildman–Crippen MR) is 59.7 cm³/mol. The highest BCUT2D eigenvalue weighted by molar-refractivity contribution is 4.64. The molecule has 0 heterocycles. The van der Waals surface area contributed by atoms with Gasteiger partial charge in [0.15, 0.2) is 0 Å². The van der Waals surface area contributed by atoms with E-state index in [0.29, 0.717) is 6.61 Å². The molecule has 0 spiro atoms. The van der Waals surface area contributed by atoms with Crippen LogP contribution in [-0.4, -0.2) is 50.5 Å². The van der Waals surface area contributed by atoms with Crippen LogP contribution in [0.1, 0.15) is 27.7 Å². The Labute approximate surface area is 88.4 Å². The van der Waals surface area contributed by atoms with Crippen LogP contribution in [-0.2, 0) is 9.47 Å². The van der Waals surface area contributed by atoms with Crippen LogP contribution in [0, 0.1) is 0 Å². The molecule has 0 aliphatic heterocycles. The normalized spacial score (nSPS) is 13.9. The second-order valence-electron chi connectivity index (χ2n) is 3.75. The minimum absolute atomic E-state index is 0.194. The van der Waals surface area contributed by atoms with Gasteiger partial charge in [0.1, 0.15) is 0 Å². The summed E-state index contributed by atoms with van der Waals surface area (Å²) in [5.74, 6) is 0. The van der Waals surface area contributed by atoms with Gasteiger partial charge in [-0.15, -0.1) is 0 Å². The molecule has 0 aromatic heterocycles. The number of ether oxygens (including phenoxy) is 2. The minimum atomic E-state index is 0.194. The number of hydrogen-bond donors (Lipinski definition) is 0. The smallest absolute Gasteiger partial charge is 0.0938 e. The molecule has 3 nitrogen and oxygen atoms in total. The Balaban J connectivity index is 3.92. The quantitative estimate of drug-likeness (QED) is 0.600. The Bertz CT molecular complexity index is 124. The van der Waals surface area contributed by atoms with Crippen molar-refractivity contribution in [2.24, 2.45) is 0 Å². The Morgan fingerprint density at radius 3 is 2.07 bits per heavy atom. The molecule has 0 saturated carbocycles. The lowest BCUT2D eigenvalue weighted by molar-refractivity contribution is -0.0477. The number of methoxy groups -OCH3 is 1. The Hall–Kier alpha value is -0.120. The van der Waals surface area contributed by atoms with Gasteiger partial charge in [0.25, 0.3) is 0 Å². The van der Waals surface area contributed by atoms with E-state index in [1.807, 2.05) is 0 Å². The fourth-order valence-electron chi connectivity index (χ4n) is 1.48. The van der Waals surface area contributed by atoms with Crippen molar-refractivity contribution in [3.63, 3.8) is 0 Å². The van der Waals surface area contributed by atoms with Crippen LogP contribution in [0.15, 0.2) is 0 Å². The summed E-state index contributed by atoms with van der Waals surface area (Å²) in [6.45, 7) is 12.2. The summed E-state index contributed by atoms with van der Waals surface area (Å²) in [6.07, 6.45) is 0.464. The molecule has 86 valence electrons. The van der Waals surface area contributed by atoms with Gasteiger partial charge in [-0.05, 0) is 26.9 Å².